The van der Waals surface area contributed by atoms with Crippen molar-refractivity contribution in [1.29, 1.82) is 0 Å². The number of benzene rings is 2. The SMILES string of the molecule is CC(C)(C)OC(=O)C(N)(C(=O)OCc1ccccc1)c1ccc(/C=C/S(C)(=O)=O)cc1. The summed E-state index contributed by atoms with van der Waals surface area (Å²) in [5.41, 5.74) is 4.70. The molecule has 0 saturated heterocycles. The molecule has 0 aliphatic rings. The summed E-state index contributed by atoms with van der Waals surface area (Å²) in [6, 6.07) is 15.0. The summed E-state index contributed by atoms with van der Waals surface area (Å²) in [7, 11) is -3.30. The van der Waals surface area contributed by atoms with Gasteiger partial charge in [-0.15, -0.1) is 0 Å². The lowest BCUT2D eigenvalue weighted by molar-refractivity contribution is -0.173. The summed E-state index contributed by atoms with van der Waals surface area (Å²) in [6.45, 7) is 4.94. The van der Waals surface area contributed by atoms with E-state index in [4.69, 9.17) is 15.2 Å². The fourth-order valence-corrected chi connectivity index (χ4v) is 2.98. The van der Waals surface area contributed by atoms with Crippen LogP contribution >= 0.6 is 0 Å². The largest absolute Gasteiger partial charge is 0.459 e. The lowest BCUT2D eigenvalue weighted by atomic mass is 9.90. The summed E-state index contributed by atoms with van der Waals surface area (Å²) in [4.78, 5) is 25.9. The van der Waals surface area contributed by atoms with Crippen molar-refractivity contribution in [2.45, 2.75) is 38.5 Å². The Bertz CT molecular complexity index is 1050. The first-order valence-corrected chi connectivity index (χ1v) is 11.5. The number of nitrogens with two attached hydrogens (primary N) is 1. The van der Waals surface area contributed by atoms with Gasteiger partial charge in [-0.05, 0) is 43.5 Å². The van der Waals surface area contributed by atoms with E-state index in [1.165, 1.54) is 18.2 Å². The molecule has 2 aromatic carbocycles. The van der Waals surface area contributed by atoms with Gasteiger partial charge in [0.25, 0.3) is 0 Å². The second kappa shape index (κ2) is 9.45. The molecule has 7 nitrogen and oxygen atoms in total. The Hall–Kier alpha value is -2.97. The van der Waals surface area contributed by atoms with E-state index in [1.807, 2.05) is 6.07 Å². The van der Waals surface area contributed by atoms with Gasteiger partial charge in [-0.1, -0.05) is 54.6 Å². The van der Waals surface area contributed by atoms with E-state index in [0.29, 0.717) is 5.56 Å². The number of hydrogen-bond donors (Lipinski definition) is 1. The number of rotatable bonds is 7. The van der Waals surface area contributed by atoms with Gasteiger partial charge in [0.2, 0.25) is 5.54 Å². The minimum absolute atomic E-state index is 0.0589. The molecule has 0 spiro atoms. The third-order valence-corrected chi connectivity index (χ3v) is 4.76. The number of ether oxygens (including phenoxy) is 2. The Labute approximate surface area is 182 Å². The molecule has 0 aliphatic heterocycles. The van der Waals surface area contributed by atoms with Crippen LogP contribution in [0.25, 0.3) is 6.08 Å². The molecule has 0 aromatic heterocycles. The molecule has 0 heterocycles. The molecule has 0 fully saturated rings. The van der Waals surface area contributed by atoms with Crippen LogP contribution in [-0.2, 0) is 41.0 Å². The van der Waals surface area contributed by atoms with Gasteiger partial charge in [-0.25, -0.2) is 18.0 Å². The molecular weight excluding hydrogens is 418 g/mol. The van der Waals surface area contributed by atoms with Crippen molar-refractivity contribution in [1.82, 2.24) is 0 Å². The number of carbonyl (C=O) groups is 2. The van der Waals surface area contributed by atoms with Crippen molar-refractivity contribution in [2.24, 2.45) is 5.73 Å². The molecule has 1 atom stereocenters. The molecule has 2 N–H and O–H groups in total. The van der Waals surface area contributed by atoms with Crippen molar-refractivity contribution >= 4 is 27.9 Å². The molecule has 2 rings (SSSR count). The van der Waals surface area contributed by atoms with Crippen LogP contribution < -0.4 is 5.73 Å². The molecular formula is C23H27NO6S. The molecule has 1 unspecified atom stereocenters. The van der Waals surface area contributed by atoms with Crippen molar-refractivity contribution in [3.8, 4) is 0 Å². The van der Waals surface area contributed by atoms with Crippen molar-refractivity contribution in [3.63, 3.8) is 0 Å². The quantitative estimate of drug-likeness (QED) is 0.515. The van der Waals surface area contributed by atoms with E-state index in [0.717, 1.165) is 17.2 Å². The van der Waals surface area contributed by atoms with Gasteiger partial charge < -0.3 is 15.2 Å². The van der Waals surface area contributed by atoms with Crippen LogP contribution in [0.15, 0.2) is 60.0 Å². The van der Waals surface area contributed by atoms with Gasteiger partial charge in [0.15, 0.2) is 9.84 Å². The van der Waals surface area contributed by atoms with E-state index in [-0.39, 0.29) is 12.2 Å². The van der Waals surface area contributed by atoms with E-state index < -0.39 is 32.9 Å². The van der Waals surface area contributed by atoms with Crippen LogP contribution in [0, 0.1) is 0 Å². The van der Waals surface area contributed by atoms with Gasteiger partial charge in [0.1, 0.15) is 12.2 Å². The van der Waals surface area contributed by atoms with Crippen LogP contribution in [0.5, 0.6) is 0 Å². The predicted molar refractivity (Wildman–Crippen MR) is 118 cm³/mol. The Morgan fingerprint density at radius 2 is 1.55 bits per heavy atom. The van der Waals surface area contributed by atoms with Gasteiger partial charge >= 0.3 is 11.9 Å². The topological polar surface area (TPSA) is 113 Å². The Morgan fingerprint density at radius 1 is 0.968 bits per heavy atom. The zero-order chi connectivity index (χ0) is 23.3. The lowest BCUT2D eigenvalue weighted by Crippen LogP contribution is -2.55. The molecule has 0 amide bonds. The molecule has 2 aromatic rings. The first-order chi connectivity index (χ1) is 14.3. The van der Waals surface area contributed by atoms with Crippen LogP contribution in [0.1, 0.15) is 37.5 Å². The third kappa shape index (κ3) is 7.04. The monoisotopic (exact) mass is 445 g/mol. The second-order valence-electron chi connectivity index (χ2n) is 8.13. The van der Waals surface area contributed by atoms with Gasteiger partial charge in [-0.3, -0.25) is 0 Å². The van der Waals surface area contributed by atoms with E-state index in [9.17, 15) is 18.0 Å². The highest BCUT2D eigenvalue weighted by molar-refractivity contribution is 7.93. The second-order valence-corrected chi connectivity index (χ2v) is 10.1. The minimum atomic E-state index is -3.30. The van der Waals surface area contributed by atoms with Crippen molar-refractivity contribution < 1.29 is 27.5 Å². The number of sulfone groups is 1. The highest BCUT2D eigenvalue weighted by atomic mass is 32.2. The fraction of sp³-hybridized carbons (Fsp3) is 0.304. The van der Waals surface area contributed by atoms with Crippen LogP contribution in [0.4, 0.5) is 0 Å². The van der Waals surface area contributed by atoms with E-state index in [1.54, 1.807) is 57.2 Å². The first-order valence-electron chi connectivity index (χ1n) is 9.53. The maximum absolute atomic E-state index is 13.0. The zero-order valence-corrected chi connectivity index (χ0v) is 18.8. The van der Waals surface area contributed by atoms with Crippen molar-refractivity contribution in [3.05, 3.63) is 76.7 Å². The normalized spacial score (nSPS) is 14.1. The maximum atomic E-state index is 13.0. The van der Waals surface area contributed by atoms with Crippen molar-refractivity contribution in [2.75, 3.05) is 6.26 Å². The van der Waals surface area contributed by atoms with Gasteiger partial charge in [-0.2, -0.15) is 0 Å². The first kappa shape index (κ1) is 24.3. The minimum Gasteiger partial charge on any atom is -0.459 e. The lowest BCUT2D eigenvalue weighted by Gasteiger charge is -2.30. The Morgan fingerprint density at radius 3 is 2.06 bits per heavy atom. The van der Waals surface area contributed by atoms with Crippen LogP contribution in [-0.4, -0.2) is 32.2 Å². The van der Waals surface area contributed by atoms with E-state index >= 15 is 0 Å². The molecule has 0 radical (unpaired) electrons. The highest BCUT2D eigenvalue weighted by Crippen LogP contribution is 2.26. The fourth-order valence-electron chi connectivity index (χ4n) is 2.57. The molecule has 0 saturated carbocycles. The maximum Gasteiger partial charge on any atom is 0.343 e. The van der Waals surface area contributed by atoms with Gasteiger partial charge in [0, 0.05) is 11.7 Å². The number of esters is 2. The standard InChI is InChI=1S/C23H27NO6S/c1-22(2,3)30-21(26)23(24,20(25)29-16-18-8-6-5-7-9-18)19-12-10-17(11-13-19)14-15-31(4,27)28/h5-15H,16,24H2,1-4H3/b15-14+. The molecule has 0 aliphatic carbocycles. The van der Waals surface area contributed by atoms with E-state index in [2.05, 4.69) is 0 Å². The summed E-state index contributed by atoms with van der Waals surface area (Å²) < 4.78 is 33.3. The number of carbonyl (C=O) groups excluding carboxylic acids is 2. The zero-order valence-electron chi connectivity index (χ0n) is 18.0. The smallest absolute Gasteiger partial charge is 0.343 e. The molecule has 8 heteroatoms. The molecule has 166 valence electrons. The molecule has 31 heavy (non-hydrogen) atoms. The summed E-state index contributed by atoms with van der Waals surface area (Å²) >= 11 is 0. The van der Waals surface area contributed by atoms with Gasteiger partial charge in [0.05, 0.1) is 0 Å². The average Bonchev–Trinajstić information content (AvgIpc) is 2.69. The van der Waals surface area contributed by atoms with Crippen LogP contribution in [0.3, 0.4) is 0 Å². The summed E-state index contributed by atoms with van der Waals surface area (Å²) in [5, 5.41) is 1.06. The predicted octanol–water partition coefficient (Wildman–Crippen LogP) is 2.94. The summed E-state index contributed by atoms with van der Waals surface area (Å²) in [5.74, 6) is -1.90. The average molecular weight is 446 g/mol. The number of hydrogen-bond acceptors (Lipinski definition) is 7. The Balaban J connectivity index is 2.36. The van der Waals surface area contributed by atoms with Crippen LogP contribution in [0.2, 0.25) is 0 Å². The Kier molecular flexibility index (Phi) is 7.41. The summed E-state index contributed by atoms with van der Waals surface area (Å²) in [6.07, 6.45) is 2.48. The third-order valence-electron chi connectivity index (χ3n) is 4.13. The highest BCUT2D eigenvalue weighted by Gasteiger charge is 2.48. The molecule has 0 bridgehead atoms.